The molecule has 0 spiro atoms. The summed E-state index contributed by atoms with van der Waals surface area (Å²) in [5.41, 5.74) is 1.75. The lowest BCUT2D eigenvalue weighted by Crippen LogP contribution is -2.37. The number of likely N-dealkylation sites (tertiary alicyclic amines) is 1. The summed E-state index contributed by atoms with van der Waals surface area (Å²) in [6, 6.07) is 15.4. The monoisotopic (exact) mass is 356 g/mol. The van der Waals surface area contributed by atoms with Gasteiger partial charge in [0.1, 0.15) is 0 Å². The molecule has 2 heterocycles. The summed E-state index contributed by atoms with van der Waals surface area (Å²) < 4.78 is 1.24. The van der Waals surface area contributed by atoms with E-state index in [0.29, 0.717) is 16.5 Å². The molecule has 1 aliphatic heterocycles. The van der Waals surface area contributed by atoms with Crippen molar-refractivity contribution in [3.05, 3.63) is 64.1 Å². The van der Waals surface area contributed by atoms with E-state index in [2.05, 4.69) is 18.2 Å². The molecule has 24 heavy (non-hydrogen) atoms. The van der Waals surface area contributed by atoms with E-state index in [0.717, 1.165) is 31.4 Å². The zero-order chi connectivity index (χ0) is 16.5. The lowest BCUT2D eigenvalue weighted by molar-refractivity contribution is 0.0713. The lowest BCUT2D eigenvalue weighted by atomic mass is 9.97. The standard InChI is InChI=1S/C19H17ClN2OS/c20-15-5-3-4-14(12-15)19(23)22-10-8-13(9-11-22)18-21-16-6-1-2-7-17(16)24-18/h1-7,12-13H,8-11H2. The Kier molecular flexibility index (Phi) is 4.25. The van der Waals surface area contributed by atoms with Gasteiger partial charge < -0.3 is 4.90 Å². The zero-order valence-corrected chi connectivity index (χ0v) is 14.7. The van der Waals surface area contributed by atoms with Gasteiger partial charge in [-0.25, -0.2) is 4.98 Å². The molecule has 4 rings (SSSR count). The maximum absolute atomic E-state index is 12.6. The fraction of sp³-hybridized carbons (Fsp3) is 0.263. The topological polar surface area (TPSA) is 33.2 Å². The summed E-state index contributed by atoms with van der Waals surface area (Å²) in [5, 5.41) is 1.80. The zero-order valence-electron chi connectivity index (χ0n) is 13.1. The molecule has 0 unspecified atom stereocenters. The Balaban J connectivity index is 1.45. The minimum atomic E-state index is 0.0697. The first-order valence-corrected chi connectivity index (χ1v) is 9.30. The maximum Gasteiger partial charge on any atom is 0.253 e. The number of para-hydroxylation sites is 1. The number of piperidine rings is 1. The SMILES string of the molecule is O=C(c1cccc(Cl)c1)N1CCC(c2nc3ccccc3s2)CC1. The maximum atomic E-state index is 12.6. The molecule has 122 valence electrons. The molecule has 3 aromatic rings. The highest BCUT2D eigenvalue weighted by Crippen LogP contribution is 2.34. The van der Waals surface area contributed by atoms with Crippen LogP contribution in [-0.2, 0) is 0 Å². The second-order valence-corrected chi connectivity index (χ2v) is 7.60. The summed E-state index contributed by atoms with van der Waals surface area (Å²) >= 11 is 7.77. The van der Waals surface area contributed by atoms with Gasteiger partial charge in [0.15, 0.2) is 0 Å². The number of carbonyl (C=O) groups is 1. The number of thiazole rings is 1. The Morgan fingerprint density at radius 1 is 1.12 bits per heavy atom. The molecule has 2 aromatic carbocycles. The van der Waals surface area contributed by atoms with Crippen LogP contribution in [0.15, 0.2) is 48.5 Å². The summed E-state index contributed by atoms with van der Waals surface area (Å²) in [4.78, 5) is 19.3. The van der Waals surface area contributed by atoms with Crippen molar-refractivity contribution in [1.29, 1.82) is 0 Å². The second kappa shape index (κ2) is 6.54. The number of rotatable bonds is 2. The normalized spacial score (nSPS) is 15.8. The minimum Gasteiger partial charge on any atom is -0.339 e. The molecular weight excluding hydrogens is 340 g/mol. The smallest absolute Gasteiger partial charge is 0.253 e. The van der Waals surface area contributed by atoms with Crippen molar-refractivity contribution in [2.75, 3.05) is 13.1 Å². The molecule has 0 radical (unpaired) electrons. The van der Waals surface area contributed by atoms with Gasteiger partial charge in [-0.15, -0.1) is 11.3 Å². The van der Waals surface area contributed by atoms with Crippen molar-refractivity contribution in [3.63, 3.8) is 0 Å². The van der Waals surface area contributed by atoms with E-state index in [1.54, 1.807) is 23.5 Å². The van der Waals surface area contributed by atoms with Crippen LogP contribution in [0.5, 0.6) is 0 Å². The molecule has 3 nitrogen and oxygen atoms in total. The number of amides is 1. The lowest BCUT2D eigenvalue weighted by Gasteiger charge is -2.31. The number of hydrogen-bond acceptors (Lipinski definition) is 3. The molecule has 5 heteroatoms. The molecule has 1 aromatic heterocycles. The first-order valence-electron chi connectivity index (χ1n) is 8.11. The van der Waals surface area contributed by atoms with E-state index in [-0.39, 0.29) is 5.91 Å². The van der Waals surface area contributed by atoms with Crippen molar-refractivity contribution in [3.8, 4) is 0 Å². The number of benzene rings is 2. The van der Waals surface area contributed by atoms with Crippen molar-refractivity contribution in [2.24, 2.45) is 0 Å². The Bertz CT molecular complexity index is 851. The average molecular weight is 357 g/mol. The van der Waals surface area contributed by atoms with Crippen LogP contribution in [0.1, 0.15) is 34.1 Å². The average Bonchev–Trinajstić information content (AvgIpc) is 3.05. The van der Waals surface area contributed by atoms with Crippen LogP contribution >= 0.6 is 22.9 Å². The molecule has 1 amide bonds. The van der Waals surface area contributed by atoms with Crippen LogP contribution in [-0.4, -0.2) is 28.9 Å². The molecule has 0 atom stereocenters. The minimum absolute atomic E-state index is 0.0697. The molecule has 1 fully saturated rings. The predicted octanol–water partition coefficient (Wildman–Crippen LogP) is 4.97. The largest absolute Gasteiger partial charge is 0.339 e. The molecular formula is C19H17ClN2OS. The van der Waals surface area contributed by atoms with E-state index in [4.69, 9.17) is 16.6 Å². The Morgan fingerprint density at radius 2 is 1.92 bits per heavy atom. The second-order valence-electron chi connectivity index (χ2n) is 6.10. The van der Waals surface area contributed by atoms with Crippen LogP contribution in [0.3, 0.4) is 0 Å². The molecule has 1 saturated heterocycles. The van der Waals surface area contributed by atoms with Gasteiger partial charge in [0.2, 0.25) is 0 Å². The number of hydrogen-bond donors (Lipinski definition) is 0. The van der Waals surface area contributed by atoms with Gasteiger partial charge in [-0.05, 0) is 43.2 Å². The quantitative estimate of drug-likeness (QED) is 0.649. The third-order valence-corrected chi connectivity index (χ3v) is 5.95. The van der Waals surface area contributed by atoms with E-state index < -0.39 is 0 Å². The van der Waals surface area contributed by atoms with Gasteiger partial charge in [0.25, 0.3) is 5.91 Å². The van der Waals surface area contributed by atoms with Crippen LogP contribution in [0.25, 0.3) is 10.2 Å². The highest BCUT2D eigenvalue weighted by Gasteiger charge is 2.26. The van der Waals surface area contributed by atoms with Crippen molar-refractivity contribution < 1.29 is 4.79 Å². The summed E-state index contributed by atoms with van der Waals surface area (Å²) in [5.74, 6) is 0.520. The van der Waals surface area contributed by atoms with Crippen LogP contribution in [0, 0.1) is 0 Å². The fourth-order valence-electron chi connectivity index (χ4n) is 3.20. The van der Waals surface area contributed by atoms with Gasteiger partial charge in [0, 0.05) is 29.6 Å². The molecule has 0 saturated carbocycles. The first kappa shape index (κ1) is 15.6. The summed E-state index contributed by atoms with van der Waals surface area (Å²) in [6.07, 6.45) is 1.93. The van der Waals surface area contributed by atoms with Crippen LogP contribution < -0.4 is 0 Å². The van der Waals surface area contributed by atoms with E-state index >= 15 is 0 Å². The number of halogens is 1. The summed E-state index contributed by atoms with van der Waals surface area (Å²) in [7, 11) is 0. The Hall–Kier alpha value is -1.91. The number of fused-ring (bicyclic) bond motifs is 1. The van der Waals surface area contributed by atoms with Crippen molar-refractivity contribution in [2.45, 2.75) is 18.8 Å². The predicted molar refractivity (Wildman–Crippen MR) is 99.0 cm³/mol. The number of carbonyl (C=O) groups excluding carboxylic acids is 1. The molecule has 0 N–H and O–H groups in total. The van der Waals surface area contributed by atoms with Gasteiger partial charge in [-0.3, -0.25) is 4.79 Å². The number of nitrogens with zero attached hydrogens (tertiary/aromatic N) is 2. The molecule has 0 aliphatic carbocycles. The van der Waals surface area contributed by atoms with E-state index in [1.807, 2.05) is 23.1 Å². The fourth-order valence-corrected chi connectivity index (χ4v) is 4.53. The highest BCUT2D eigenvalue weighted by atomic mass is 35.5. The summed E-state index contributed by atoms with van der Waals surface area (Å²) in [6.45, 7) is 1.54. The van der Waals surface area contributed by atoms with Gasteiger partial charge >= 0.3 is 0 Å². The van der Waals surface area contributed by atoms with Crippen LogP contribution in [0.2, 0.25) is 5.02 Å². The third-order valence-electron chi connectivity index (χ3n) is 4.51. The first-order chi connectivity index (χ1) is 11.7. The highest BCUT2D eigenvalue weighted by molar-refractivity contribution is 7.18. The van der Waals surface area contributed by atoms with E-state index in [9.17, 15) is 4.79 Å². The van der Waals surface area contributed by atoms with Gasteiger partial charge in [-0.2, -0.15) is 0 Å². The van der Waals surface area contributed by atoms with Crippen LogP contribution in [0.4, 0.5) is 0 Å². The molecule has 1 aliphatic rings. The third kappa shape index (κ3) is 3.04. The Labute approximate surface area is 149 Å². The Morgan fingerprint density at radius 3 is 2.67 bits per heavy atom. The van der Waals surface area contributed by atoms with Crippen molar-refractivity contribution >= 4 is 39.1 Å². The van der Waals surface area contributed by atoms with Gasteiger partial charge in [-0.1, -0.05) is 29.8 Å². The molecule has 0 bridgehead atoms. The van der Waals surface area contributed by atoms with E-state index in [1.165, 1.54) is 9.71 Å². The number of aromatic nitrogens is 1. The van der Waals surface area contributed by atoms with Crippen molar-refractivity contribution in [1.82, 2.24) is 9.88 Å². The van der Waals surface area contributed by atoms with Gasteiger partial charge in [0.05, 0.1) is 15.2 Å².